The topological polar surface area (TPSA) is 75.7 Å². The number of hydrogen-bond acceptors (Lipinski definition) is 4. The van der Waals surface area contributed by atoms with E-state index >= 15 is 0 Å². The molecule has 1 aromatic rings. The Labute approximate surface area is 180 Å². The van der Waals surface area contributed by atoms with E-state index in [-0.39, 0.29) is 28.6 Å². The summed E-state index contributed by atoms with van der Waals surface area (Å²) in [5.41, 5.74) is 0.432. The van der Waals surface area contributed by atoms with Gasteiger partial charge < -0.3 is 9.64 Å². The first-order valence-corrected chi connectivity index (χ1v) is 12.9. The Morgan fingerprint density at radius 1 is 1.07 bits per heavy atom. The molecule has 2 aliphatic carbocycles. The monoisotopic (exact) mass is 434 g/mol. The molecule has 0 radical (unpaired) electrons. The highest BCUT2D eigenvalue weighted by atomic mass is 32.2. The summed E-state index contributed by atoms with van der Waals surface area (Å²) >= 11 is 0. The first-order valence-electron chi connectivity index (χ1n) is 11.4. The van der Waals surface area contributed by atoms with E-state index in [0.29, 0.717) is 17.4 Å². The van der Waals surface area contributed by atoms with Gasteiger partial charge in [0.05, 0.1) is 7.11 Å². The first-order chi connectivity index (χ1) is 14.4. The van der Waals surface area contributed by atoms with Gasteiger partial charge in [-0.05, 0) is 62.1 Å². The van der Waals surface area contributed by atoms with Crippen molar-refractivity contribution in [1.82, 2.24) is 9.62 Å². The molecular weight excluding hydrogens is 400 g/mol. The standard InChI is InChI=1S/C23H34N2O4S/c1-16-13-14-25(20-10-6-5-9-19(16)20)23(26)17-11-12-21(29-2)22(15-17)30(27,28)24-18-7-3-4-8-18/h11-12,15-16,18-20,24H,3-10,13-14H2,1-2H3/t16-,19+,20-/m0/s1. The average molecular weight is 435 g/mol. The summed E-state index contributed by atoms with van der Waals surface area (Å²) < 4.78 is 34.3. The van der Waals surface area contributed by atoms with E-state index in [2.05, 4.69) is 11.6 Å². The number of sulfonamides is 1. The van der Waals surface area contributed by atoms with Crippen molar-refractivity contribution in [3.05, 3.63) is 23.8 Å². The summed E-state index contributed by atoms with van der Waals surface area (Å²) in [5.74, 6) is 1.42. The molecular formula is C23H34N2O4S. The smallest absolute Gasteiger partial charge is 0.254 e. The summed E-state index contributed by atoms with van der Waals surface area (Å²) in [6, 6.07) is 5.06. The van der Waals surface area contributed by atoms with Gasteiger partial charge in [0.15, 0.2) is 0 Å². The zero-order valence-corrected chi connectivity index (χ0v) is 18.9. The second kappa shape index (κ2) is 8.87. The zero-order chi connectivity index (χ0) is 21.3. The number of ether oxygens (including phenoxy) is 1. The number of nitrogens with one attached hydrogen (secondary N) is 1. The van der Waals surface area contributed by atoms with Crippen LogP contribution in [0.15, 0.2) is 23.1 Å². The van der Waals surface area contributed by atoms with Crippen LogP contribution >= 0.6 is 0 Å². The van der Waals surface area contributed by atoms with Crippen molar-refractivity contribution in [3.8, 4) is 5.75 Å². The van der Waals surface area contributed by atoms with Gasteiger partial charge in [-0.25, -0.2) is 13.1 Å². The van der Waals surface area contributed by atoms with Crippen molar-refractivity contribution in [1.29, 1.82) is 0 Å². The molecule has 3 atom stereocenters. The van der Waals surface area contributed by atoms with Crippen LogP contribution in [-0.2, 0) is 10.0 Å². The van der Waals surface area contributed by atoms with Crippen molar-refractivity contribution >= 4 is 15.9 Å². The number of piperidine rings is 1. The maximum absolute atomic E-state index is 13.5. The fourth-order valence-electron chi connectivity index (χ4n) is 5.68. The minimum atomic E-state index is -3.75. The summed E-state index contributed by atoms with van der Waals surface area (Å²) in [4.78, 5) is 15.5. The van der Waals surface area contributed by atoms with Crippen molar-refractivity contribution < 1.29 is 17.9 Å². The molecule has 0 bridgehead atoms. The second-order valence-electron chi connectivity index (χ2n) is 9.25. The van der Waals surface area contributed by atoms with Crippen molar-refractivity contribution in [2.75, 3.05) is 13.7 Å². The SMILES string of the molecule is COc1ccc(C(=O)N2CC[C@H](C)[C@H]3CCCC[C@@H]32)cc1S(=O)(=O)NC1CCCC1. The Morgan fingerprint density at radius 2 is 1.77 bits per heavy atom. The Kier molecular flexibility index (Phi) is 6.39. The highest BCUT2D eigenvalue weighted by Crippen LogP contribution is 2.39. The number of hydrogen-bond donors (Lipinski definition) is 1. The fourth-order valence-corrected chi connectivity index (χ4v) is 7.18. The maximum atomic E-state index is 13.5. The molecule has 1 saturated heterocycles. The number of likely N-dealkylation sites (tertiary alicyclic amines) is 1. The lowest BCUT2D eigenvalue weighted by molar-refractivity contribution is 0.0217. The van der Waals surface area contributed by atoms with Gasteiger partial charge >= 0.3 is 0 Å². The third-order valence-electron chi connectivity index (χ3n) is 7.38. The third-order valence-corrected chi connectivity index (χ3v) is 8.92. The van der Waals surface area contributed by atoms with Gasteiger partial charge in [0.1, 0.15) is 10.6 Å². The highest BCUT2D eigenvalue weighted by Gasteiger charge is 2.40. The lowest BCUT2D eigenvalue weighted by Gasteiger charge is -2.47. The Balaban J connectivity index is 1.61. The summed E-state index contributed by atoms with van der Waals surface area (Å²) in [6.07, 6.45) is 9.43. The normalized spacial score (nSPS) is 27.7. The van der Waals surface area contributed by atoms with Gasteiger partial charge in [-0.1, -0.05) is 32.6 Å². The quantitative estimate of drug-likeness (QED) is 0.761. The van der Waals surface area contributed by atoms with Gasteiger partial charge in [-0.15, -0.1) is 0 Å². The van der Waals surface area contributed by atoms with Crippen LogP contribution in [0.4, 0.5) is 0 Å². The van der Waals surface area contributed by atoms with Gasteiger partial charge in [0, 0.05) is 24.2 Å². The van der Waals surface area contributed by atoms with E-state index in [1.807, 2.05) is 4.90 Å². The molecule has 6 nitrogen and oxygen atoms in total. The van der Waals surface area contributed by atoms with Crippen LogP contribution in [0.5, 0.6) is 5.75 Å². The minimum absolute atomic E-state index is 0.0364. The van der Waals surface area contributed by atoms with Crippen molar-refractivity contribution in [2.24, 2.45) is 11.8 Å². The number of fused-ring (bicyclic) bond motifs is 1. The Morgan fingerprint density at radius 3 is 2.50 bits per heavy atom. The van der Waals surface area contributed by atoms with Crippen LogP contribution in [0, 0.1) is 11.8 Å². The molecule has 0 aromatic heterocycles. The molecule has 1 heterocycles. The van der Waals surface area contributed by atoms with E-state index in [1.54, 1.807) is 12.1 Å². The molecule has 0 unspecified atom stereocenters. The predicted octanol–water partition coefficient (Wildman–Crippen LogP) is 3.96. The van der Waals surface area contributed by atoms with Crippen LogP contribution in [0.1, 0.15) is 75.1 Å². The number of rotatable bonds is 5. The van der Waals surface area contributed by atoms with Crippen molar-refractivity contribution in [2.45, 2.75) is 81.7 Å². The molecule has 2 saturated carbocycles. The van der Waals surface area contributed by atoms with E-state index in [1.165, 1.54) is 26.0 Å². The maximum Gasteiger partial charge on any atom is 0.254 e. The summed E-state index contributed by atoms with van der Waals surface area (Å²) in [5, 5.41) is 0. The highest BCUT2D eigenvalue weighted by molar-refractivity contribution is 7.89. The van der Waals surface area contributed by atoms with Gasteiger partial charge in [0.25, 0.3) is 5.91 Å². The molecule has 3 aliphatic rings. The zero-order valence-electron chi connectivity index (χ0n) is 18.1. The molecule has 1 aromatic carbocycles. The molecule has 4 rings (SSSR count). The first kappa shape index (κ1) is 21.6. The van der Waals surface area contributed by atoms with Gasteiger partial charge in [-0.3, -0.25) is 4.79 Å². The molecule has 30 heavy (non-hydrogen) atoms. The van der Waals surface area contributed by atoms with E-state index in [4.69, 9.17) is 4.74 Å². The van der Waals surface area contributed by atoms with Gasteiger partial charge in [0.2, 0.25) is 10.0 Å². The lowest BCUT2D eigenvalue weighted by atomic mass is 9.72. The number of methoxy groups -OCH3 is 1. The van der Waals surface area contributed by atoms with Crippen LogP contribution in [-0.4, -0.2) is 45.0 Å². The van der Waals surface area contributed by atoms with E-state index in [0.717, 1.165) is 51.5 Å². The Hall–Kier alpha value is -1.60. The molecule has 3 fully saturated rings. The second-order valence-corrected chi connectivity index (χ2v) is 10.9. The van der Waals surface area contributed by atoms with Crippen LogP contribution in [0.3, 0.4) is 0 Å². The molecule has 0 spiro atoms. The lowest BCUT2D eigenvalue weighted by Crippen LogP contribution is -2.52. The fraction of sp³-hybridized carbons (Fsp3) is 0.696. The molecule has 1 aliphatic heterocycles. The van der Waals surface area contributed by atoms with E-state index < -0.39 is 10.0 Å². The van der Waals surface area contributed by atoms with Gasteiger partial charge in [-0.2, -0.15) is 0 Å². The molecule has 1 amide bonds. The molecule has 1 N–H and O–H groups in total. The number of amides is 1. The summed E-state index contributed by atoms with van der Waals surface area (Å²) in [6.45, 7) is 3.05. The number of carbonyl (C=O) groups excluding carboxylic acids is 1. The largest absolute Gasteiger partial charge is 0.495 e. The average Bonchev–Trinajstić information content (AvgIpc) is 3.25. The van der Waals surface area contributed by atoms with E-state index in [9.17, 15) is 13.2 Å². The predicted molar refractivity (Wildman–Crippen MR) is 116 cm³/mol. The summed E-state index contributed by atoms with van der Waals surface area (Å²) in [7, 11) is -2.29. The van der Waals surface area contributed by atoms with Crippen molar-refractivity contribution in [3.63, 3.8) is 0 Å². The number of nitrogens with zero attached hydrogens (tertiary/aromatic N) is 1. The molecule has 7 heteroatoms. The third kappa shape index (κ3) is 4.24. The number of carbonyl (C=O) groups is 1. The number of benzene rings is 1. The van der Waals surface area contributed by atoms with Crippen LogP contribution < -0.4 is 9.46 Å². The van der Waals surface area contributed by atoms with Crippen LogP contribution in [0.25, 0.3) is 0 Å². The Bertz CT molecular complexity index is 879. The molecule has 166 valence electrons. The van der Waals surface area contributed by atoms with Crippen LogP contribution in [0.2, 0.25) is 0 Å². The minimum Gasteiger partial charge on any atom is -0.495 e.